The number of ether oxygens (including phenoxy) is 1. The molecule has 1 aliphatic heterocycles. The third-order valence-electron chi connectivity index (χ3n) is 8.46. The fourth-order valence-electron chi connectivity index (χ4n) is 6.70. The maximum absolute atomic E-state index is 13.9. The summed E-state index contributed by atoms with van der Waals surface area (Å²) >= 11 is 0. The van der Waals surface area contributed by atoms with Gasteiger partial charge in [0.2, 0.25) is 11.8 Å². The number of aliphatic hydroxyl groups is 1. The van der Waals surface area contributed by atoms with Crippen LogP contribution < -0.4 is 9.64 Å². The molecule has 6 rings (SSSR count). The van der Waals surface area contributed by atoms with Gasteiger partial charge in [0.15, 0.2) is 11.6 Å². The van der Waals surface area contributed by atoms with Gasteiger partial charge in [0.25, 0.3) is 5.69 Å². The molecule has 1 fully saturated rings. The van der Waals surface area contributed by atoms with Crippen LogP contribution in [0.3, 0.4) is 0 Å². The Hall–Kier alpha value is -4.70. The van der Waals surface area contributed by atoms with Gasteiger partial charge in [-0.3, -0.25) is 34.2 Å². The number of anilines is 1. The van der Waals surface area contributed by atoms with E-state index in [0.29, 0.717) is 28.0 Å². The number of carbonyl (C=O) groups is 4. The van der Waals surface area contributed by atoms with Crippen LogP contribution in [0.25, 0.3) is 0 Å². The fourth-order valence-corrected chi connectivity index (χ4v) is 6.70. The Labute approximate surface area is 234 Å². The van der Waals surface area contributed by atoms with Crippen molar-refractivity contribution in [2.45, 2.75) is 25.7 Å². The summed E-state index contributed by atoms with van der Waals surface area (Å²) in [6.45, 7) is 1.43. The fraction of sp³-hybridized carbons (Fsp3) is 0.290. The second kappa shape index (κ2) is 10.0. The first-order valence-corrected chi connectivity index (χ1v) is 13.4. The van der Waals surface area contributed by atoms with Gasteiger partial charge >= 0.3 is 0 Å². The number of hydrogen-bond donors (Lipinski definition) is 1. The Morgan fingerprint density at radius 1 is 1.02 bits per heavy atom. The van der Waals surface area contributed by atoms with Crippen molar-refractivity contribution < 1.29 is 33.9 Å². The second-order valence-corrected chi connectivity index (χ2v) is 10.6. The second-order valence-electron chi connectivity index (χ2n) is 10.6. The molecule has 41 heavy (non-hydrogen) atoms. The van der Waals surface area contributed by atoms with Gasteiger partial charge in [-0.25, -0.2) is 0 Å². The molecule has 4 atom stereocenters. The third kappa shape index (κ3) is 4.13. The zero-order chi connectivity index (χ0) is 29.0. The normalized spacial score (nSPS) is 25.4. The summed E-state index contributed by atoms with van der Waals surface area (Å²) in [4.78, 5) is 66.1. The number of carbonyl (C=O) groups excluding carboxylic acids is 4. The number of fused-ring (bicyclic) bond motifs is 3. The lowest BCUT2D eigenvalue weighted by Crippen LogP contribution is -2.40. The summed E-state index contributed by atoms with van der Waals surface area (Å²) < 4.78 is 5.83. The van der Waals surface area contributed by atoms with Gasteiger partial charge in [-0.2, -0.15) is 0 Å². The molecule has 0 aromatic heterocycles. The van der Waals surface area contributed by atoms with Crippen LogP contribution in [0.2, 0.25) is 0 Å². The maximum Gasteiger partial charge on any atom is 0.269 e. The minimum atomic E-state index is -0.769. The molecule has 1 N–H and O–H groups in total. The van der Waals surface area contributed by atoms with Gasteiger partial charge in [-0.05, 0) is 50.0 Å². The lowest BCUT2D eigenvalue weighted by molar-refractivity contribution is -0.384. The van der Waals surface area contributed by atoms with Crippen molar-refractivity contribution in [1.82, 2.24) is 0 Å². The molecule has 2 aromatic carbocycles. The molecule has 0 bridgehead atoms. The molecule has 3 aliphatic carbocycles. The molecule has 1 saturated heterocycles. The smallest absolute Gasteiger partial charge is 0.269 e. The van der Waals surface area contributed by atoms with Crippen LogP contribution in [0.15, 0.2) is 83.0 Å². The topological polar surface area (TPSA) is 144 Å². The maximum atomic E-state index is 13.9. The number of benzene rings is 2. The van der Waals surface area contributed by atoms with Crippen molar-refractivity contribution in [1.29, 1.82) is 0 Å². The highest BCUT2D eigenvalue weighted by atomic mass is 16.6. The van der Waals surface area contributed by atoms with Crippen LogP contribution in [-0.4, -0.2) is 46.6 Å². The van der Waals surface area contributed by atoms with Crippen molar-refractivity contribution in [2.24, 2.45) is 17.8 Å². The molecule has 4 unspecified atom stereocenters. The average Bonchev–Trinajstić information content (AvgIpc) is 3.23. The van der Waals surface area contributed by atoms with E-state index in [-0.39, 0.29) is 49.0 Å². The zero-order valence-electron chi connectivity index (χ0n) is 22.1. The number of para-hydroxylation sites is 1. The molecular formula is C31H26N2O8. The summed E-state index contributed by atoms with van der Waals surface area (Å²) in [6.07, 6.45) is 3.64. The van der Waals surface area contributed by atoms with Crippen LogP contribution in [0, 0.1) is 27.9 Å². The summed E-state index contributed by atoms with van der Waals surface area (Å²) in [7, 11) is 0. The van der Waals surface area contributed by atoms with Gasteiger partial charge in [0.05, 0.1) is 29.1 Å². The van der Waals surface area contributed by atoms with E-state index in [0.717, 1.165) is 10.5 Å². The van der Waals surface area contributed by atoms with Crippen LogP contribution in [0.4, 0.5) is 11.4 Å². The van der Waals surface area contributed by atoms with E-state index < -0.39 is 40.4 Å². The van der Waals surface area contributed by atoms with Crippen LogP contribution in [0.5, 0.6) is 5.75 Å². The first-order chi connectivity index (χ1) is 19.7. The third-order valence-corrected chi connectivity index (χ3v) is 8.46. The predicted octanol–water partition coefficient (Wildman–Crippen LogP) is 3.60. The van der Waals surface area contributed by atoms with Crippen LogP contribution >= 0.6 is 0 Å². The number of nitro benzene ring substituents is 1. The van der Waals surface area contributed by atoms with Gasteiger partial charge in [-0.1, -0.05) is 29.8 Å². The highest BCUT2D eigenvalue weighted by molar-refractivity contribution is 6.25. The molecular weight excluding hydrogens is 528 g/mol. The minimum Gasteiger partial charge on any atom is -0.491 e. The Kier molecular flexibility index (Phi) is 6.50. The first-order valence-electron chi connectivity index (χ1n) is 13.4. The van der Waals surface area contributed by atoms with E-state index >= 15 is 0 Å². The lowest BCUT2D eigenvalue weighted by atomic mass is 9.59. The van der Waals surface area contributed by atoms with Gasteiger partial charge in [0, 0.05) is 40.3 Å². The van der Waals surface area contributed by atoms with Crippen molar-refractivity contribution in [3.8, 4) is 5.75 Å². The molecule has 0 saturated carbocycles. The number of hydrogen-bond acceptors (Lipinski definition) is 8. The number of nitro groups is 1. The minimum absolute atomic E-state index is 0.0335. The quantitative estimate of drug-likeness (QED) is 0.188. The Morgan fingerprint density at radius 3 is 2.46 bits per heavy atom. The molecule has 2 aromatic rings. The molecule has 208 valence electrons. The van der Waals surface area contributed by atoms with E-state index in [1.807, 2.05) is 12.1 Å². The van der Waals surface area contributed by atoms with Crippen molar-refractivity contribution in [2.75, 3.05) is 18.1 Å². The van der Waals surface area contributed by atoms with Gasteiger partial charge in [0.1, 0.15) is 12.4 Å². The molecule has 2 amide bonds. The predicted molar refractivity (Wildman–Crippen MR) is 146 cm³/mol. The Balaban J connectivity index is 1.46. The zero-order valence-corrected chi connectivity index (χ0v) is 22.1. The first kappa shape index (κ1) is 26.5. The monoisotopic (exact) mass is 554 g/mol. The lowest BCUT2D eigenvalue weighted by Gasteiger charge is -2.42. The van der Waals surface area contributed by atoms with Crippen molar-refractivity contribution >= 4 is 34.8 Å². The molecule has 4 aliphatic rings. The number of ketones is 2. The highest BCUT2D eigenvalue weighted by Gasteiger charge is 2.56. The molecule has 1 heterocycles. The standard InChI is InChI=1S/C31H26N2O8/c1-16-14-24(35)23-15-22-19(26(28(23)29(16)36)20-4-2-3-5-25(20)41-13-12-34)10-11-21-27(22)31(38)32(30(21)37)17-6-8-18(9-7-17)33(39)40/h2-10,14,21-22,26-27,34H,11-13,15H2,1H3. The van der Waals surface area contributed by atoms with Crippen molar-refractivity contribution in [3.63, 3.8) is 0 Å². The van der Waals surface area contributed by atoms with E-state index in [4.69, 9.17) is 4.74 Å². The number of non-ortho nitro benzene ring substituents is 1. The van der Waals surface area contributed by atoms with Gasteiger partial charge < -0.3 is 9.84 Å². The number of aliphatic hydroxyl groups excluding tert-OH is 1. The van der Waals surface area contributed by atoms with Gasteiger partial charge in [-0.15, -0.1) is 0 Å². The number of rotatable bonds is 6. The van der Waals surface area contributed by atoms with E-state index in [9.17, 15) is 34.4 Å². The highest BCUT2D eigenvalue weighted by Crippen LogP contribution is 2.56. The Morgan fingerprint density at radius 2 is 1.76 bits per heavy atom. The van der Waals surface area contributed by atoms with Crippen LogP contribution in [-0.2, 0) is 19.2 Å². The number of amides is 2. The summed E-state index contributed by atoms with van der Waals surface area (Å²) in [6, 6.07) is 12.4. The Bertz CT molecular complexity index is 1620. The van der Waals surface area contributed by atoms with E-state index in [1.54, 1.807) is 25.1 Å². The SMILES string of the molecule is CC1=CC(=O)C2=C(C1=O)C(c1ccccc1OCCO)C1=CCC3C(=O)N(c4ccc([N+](=O)[O-])cc4)C(=O)C3C1C2. The largest absolute Gasteiger partial charge is 0.491 e. The number of imide groups is 1. The number of nitrogens with zero attached hydrogens (tertiary/aromatic N) is 2. The van der Waals surface area contributed by atoms with Crippen molar-refractivity contribution in [3.05, 3.63) is 98.7 Å². The van der Waals surface area contributed by atoms with Crippen LogP contribution in [0.1, 0.15) is 31.2 Å². The summed E-state index contributed by atoms with van der Waals surface area (Å²) in [5.74, 6) is -3.53. The molecule has 0 radical (unpaired) electrons. The molecule has 10 heteroatoms. The average molecular weight is 555 g/mol. The molecule has 0 spiro atoms. The van der Waals surface area contributed by atoms with E-state index in [2.05, 4.69) is 0 Å². The summed E-state index contributed by atoms with van der Waals surface area (Å²) in [5.41, 5.74) is 2.54. The number of allylic oxidation sites excluding steroid dienone is 6. The summed E-state index contributed by atoms with van der Waals surface area (Å²) in [5, 5.41) is 20.5. The molecule has 10 nitrogen and oxygen atoms in total. The van der Waals surface area contributed by atoms with E-state index in [1.165, 1.54) is 30.3 Å². The number of Topliss-reactive ketones (excluding diaryl/α,β-unsaturated/α-hetero) is 1.